The molecular formula is C14H13BrN2O2. The van der Waals surface area contributed by atoms with Gasteiger partial charge in [-0.3, -0.25) is 4.79 Å². The molecule has 0 aliphatic heterocycles. The lowest BCUT2D eigenvalue weighted by Crippen LogP contribution is -2.00. The Balaban J connectivity index is 2.13. The second-order valence-electron chi connectivity index (χ2n) is 4.12. The molecule has 0 saturated heterocycles. The Morgan fingerprint density at radius 3 is 2.47 bits per heavy atom. The molecule has 0 fully saturated rings. The number of carboxylic acid groups (broad SMARTS) is 1. The molecule has 0 bridgehead atoms. The number of anilines is 3. The highest BCUT2D eigenvalue weighted by atomic mass is 79.9. The van der Waals surface area contributed by atoms with Gasteiger partial charge in [0.05, 0.1) is 17.8 Å². The molecule has 0 amide bonds. The number of hydrogen-bond donors (Lipinski definition) is 3. The third kappa shape index (κ3) is 3.72. The van der Waals surface area contributed by atoms with E-state index in [1.165, 1.54) is 0 Å². The van der Waals surface area contributed by atoms with Gasteiger partial charge in [0.25, 0.3) is 0 Å². The molecule has 0 heterocycles. The molecule has 0 saturated carbocycles. The van der Waals surface area contributed by atoms with Crippen LogP contribution in [0.15, 0.2) is 46.9 Å². The van der Waals surface area contributed by atoms with Gasteiger partial charge in [-0.25, -0.2) is 0 Å². The molecule has 0 spiro atoms. The largest absolute Gasteiger partial charge is 0.481 e. The van der Waals surface area contributed by atoms with Crippen LogP contribution in [-0.4, -0.2) is 11.1 Å². The van der Waals surface area contributed by atoms with Crippen LogP contribution in [0.5, 0.6) is 0 Å². The summed E-state index contributed by atoms with van der Waals surface area (Å²) in [6, 6.07) is 12.8. The van der Waals surface area contributed by atoms with Crippen molar-refractivity contribution in [2.75, 3.05) is 11.1 Å². The average Bonchev–Trinajstić information content (AvgIpc) is 2.34. The minimum atomic E-state index is -0.835. The number of aliphatic carboxylic acids is 1. The molecule has 4 nitrogen and oxygen atoms in total. The highest BCUT2D eigenvalue weighted by molar-refractivity contribution is 9.10. The normalized spacial score (nSPS) is 10.2. The number of carbonyl (C=O) groups is 1. The molecule has 5 heteroatoms. The highest BCUT2D eigenvalue weighted by Crippen LogP contribution is 2.26. The van der Waals surface area contributed by atoms with E-state index < -0.39 is 5.97 Å². The zero-order chi connectivity index (χ0) is 13.8. The minimum absolute atomic E-state index is 0.0285. The Labute approximate surface area is 119 Å². The van der Waals surface area contributed by atoms with E-state index in [1.807, 2.05) is 30.3 Å². The third-order valence-electron chi connectivity index (χ3n) is 2.60. The summed E-state index contributed by atoms with van der Waals surface area (Å²) in [5, 5.41) is 11.9. The number of nitrogen functional groups attached to an aromatic ring is 1. The van der Waals surface area contributed by atoms with Crippen LogP contribution in [0, 0.1) is 0 Å². The van der Waals surface area contributed by atoms with E-state index in [-0.39, 0.29) is 6.42 Å². The first kappa shape index (κ1) is 13.4. The van der Waals surface area contributed by atoms with Gasteiger partial charge >= 0.3 is 5.97 Å². The van der Waals surface area contributed by atoms with Crippen LogP contribution in [0.25, 0.3) is 0 Å². The minimum Gasteiger partial charge on any atom is -0.481 e. The van der Waals surface area contributed by atoms with Gasteiger partial charge in [-0.2, -0.15) is 0 Å². The van der Waals surface area contributed by atoms with Crippen LogP contribution < -0.4 is 11.1 Å². The summed E-state index contributed by atoms with van der Waals surface area (Å²) in [6.07, 6.45) is 0.0285. The predicted molar refractivity (Wildman–Crippen MR) is 79.6 cm³/mol. The smallest absolute Gasteiger partial charge is 0.307 e. The summed E-state index contributed by atoms with van der Waals surface area (Å²) < 4.78 is 0.923. The standard InChI is InChI=1S/C14H13BrN2O2/c15-10-3-6-13(12(16)8-10)17-11-4-1-9(2-5-11)7-14(18)19/h1-6,8,17H,7,16H2,(H,18,19). The zero-order valence-corrected chi connectivity index (χ0v) is 11.6. The Morgan fingerprint density at radius 1 is 1.21 bits per heavy atom. The Kier molecular flexibility index (Phi) is 4.06. The number of halogens is 1. The molecule has 2 aromatic carbocycles. The second-order valence-corrected chi connectivity index (χ2v) is 5.04. The zero-order valence-electron chi connectivity index (χ0n) is 10.1. The van der Waals surface area contributed by atoms with Crippen molar-refractivity contribution < 1.29 is 9.90 Å². The molecule has 2 aromatic rings. The van der Waals surface area contributed by atoms with Gasteiger partial charge < -0.3 is 16.2 Å². The molecule has 19 heavy (non-hydrogen) atoms. The number of rotatable bonds is 4. The predicted octanol–water partition coefficient (Wildman–Crippen LogP) is 3.40. The molecular weight excluding hydrogens is 308 g/mol. The van der Waals surface area contributed by atoms with Crippen LogP contribution in [0.1, 0.15) is 5.56 Å². The van der Waals surface area contributed by atoms with E-state index in [1.54, 1.807) is 12.1 Å². The third-order valence-corrected chi connectivity index (χ3v) is 3.10. The molecule has 2 rings (SSSR count). The van der Waals surface area contributed by atoms with Crippen LogP contribution >= 0.6 is 15.9 Å². The first-order valence-electron chi connectivity index (χ1n) is 5.67. The fourth-order valence-corrected chi connectivity index (χ4v) is 2.06. The average molecular weight is 321 g/mol. The van der Waals surface area contributed by atoms with Crippen molar-refractivity contribution in [3.8, 4) is 0 Å². The van der Waals surface area contributed by atoms with Gasteiger partial charge in [-0.05, 0) is 35.9 Å². The van der Waals surface area contributed by atoms with E-state index in [2.05, 4.69) is 21.2 Å². The lowest BCUT2D eigenvalue weighted by molar-refractivity contribution is -0.136. The lowest BCUT2D eigenvalue weighted by Gasteiger charge is -2.10. The van der Waals surface area contributed by atoms with Crippen molar-refractivity contribution in [2.45, 2.75) is 6.42 Å². The topological polar surface area (TPSA) is 75.3 Å². The second kappa shape index (κ2) is 5.75. The molecule has 0 unspecified atom stereocenters. The summed E-state index contributed by atoms with van der Waals surface area (Å²) in [4.78, 5) is 10.6. The number of carboxylic acids is 1. The molecule has 0 atom stereocenters. The maximum atomic E-state index is 10.6. The van der Waals surface area contributed by atoms with Crippen LogP contribution in [0.3, 0.4) is 0 Å². The Hall–Kier alpha value is -2.01. The monoisotopic (exact) mass is 320 g/mol. The number of nitrogens with one attached hydrogen (secondary N) is 1. The summed E-state index contributed by atoms with van der Waals surface area (Å²) in [5.41, 5.74) is 8.98. The van der Waals surface area contributed by atoms with Gasteiger partial charge in [-0.1, -0.05) is 28.1 Å². The van der Waals surface area contributed by atoms with Gasteiger partial charge in [0.15, 0.2) is 0 Å². The van der Waals surface area contributed by atoms with Crippen molar-refractivity contribution in [3.63, 3.8) is 0 Å². The summed E-state index contributed by atoms with van der Waals surface area (Å²) >= 11 is 3.35. The van der Waals surface area contributed by atoms with E-state index in [0.717, 1.165) is 21.4 Å². The summed E-state index contributed by atoms with van der Waals surface area (Å²) in [7, 11) is 0. The first-order valence-corrected chi connectivity index (χ1v) is 6.46. The summed E-state index contributed by atoms with van der Waals surface area (Å²) in [6.45, 7) is 0. The van der Waals surface area contributed by atoms with Crippen molar-refractivity contribution in [3.05, 3.63) is 52.5 Å². The van der Waals surface area contributed by atoms with Gasteiger partial charge in [0.2, 0.25) is 0 Å². The summed E-state index contributed by atoms with van der Waals surface area (Å²) in [5.74, 6) is -0.835. The molecule has 0 aliphatic carbocycles. The number of benzene rings is 2. The van der Waals surface area contributed by atoms with Crippen molar-refractivity contribution in [1.29, 1.82) is 0 Å². The Bertz CT molecular complexity index is 597. The van der Waals surface area contributed by atoms with Crippen molar-refractivity contribution in [1.82, 2.24) is 0 Å². The molecule has 0 aromatic heterocycles. The van der Waals surface area contributed by atoms with Crippen LogP contribution in [0.4, 0.5) is 17.1 Å². The lowest BCUT2D eigenvalue weighted by atomic mass is 10.1. The quantitative estimate of drug-likeness (QED) is 0.755. The molecule has 98 valence electrons. The van der Waals surface area contributed by atoms with Gasteiger partial charge in [-0.15, -0.1) is 0 Å². The van der Waals surface area contributed by atoms with Crippen molar-refractivity contribution in [2.24, 2.45) is 0 Å². The van der Waals surface area contributed by atoms with E-state index in [9.17, 15) is 4.79 Å². The van der Waals surface area contributed by atoms with Gasteiger partial charge in [0, 0.05) is 10.2 Å². The maximum Gasteiger partial charge on any atom is 0.307 e. The van der Waals surface area contributed by atoms with Crippen LogP contribution in [0.2, 0.25) is 0 Å². The molecule has 4 N–H and O–H groups in total. The fraction of sp³-hybridized carbons (Fsp3) is 0.0714. The molecule has 0 aliphatic rings. The number of nitrogens with two attached hydrogens (primary N) is 1. The van der Waals surface area contributed by atoms with Crippen LogP contribution in [-0.2, 0) is 11.2 Å². The van der Waals surface area contributed by atoms with E-state index >= 15 is 0 Å². The molecule has 0 radical (unpaired) electrons. The van der Waals surface area contributed by atoms with E-state index in [4.69, 9.17) is 10.8 Å². The first-order chi connectivity index (χ1) is 9.04. The van der Waals surface area contributed by atoms with Crippen molar-refractivity contribution >= 4 is 39.0 Å². The Morgan fingerprint density at radius 2 is 1.89 bits per heavy atom. The highest BCUT2D eigenvalue weighted by Gasteiger charge is 2.02. The SMILES string of the molecule is Nc1cc(Br)ccc1Nc1ccc(CC(=O)O)cc1. The maximum absolute atomic E-state index is 10.6. The van der Waals surface area contributed by atoms with Gasteiger partial charge in [0.1, 0.15) is 0 Å². The number of hydrogen-bond acceptors (Lipinski definition) is 3. The fourth-order valence-electron chi connectivity index (χ4n) is 1.68. The van der Waals surface area contributed by atoms with E-state index in [0.29, 0.717) is 5.69 Å².